The van der Waals surface area contributed by atoms with E-state index in [1.54, 1.807) is 11.8 Å². The average molecular weight is 279 g/mol. The highest BCUT2D eigenvalue weighted by molar-refractivity contribution is 5.77. The summed E-state index contributed by atoms with van der Waals surface area (Å²) in [5.74, 6) is 0.769. The van der Waals surface area contributed by atoms with E-state index in [1.165, 1.54) is 0 Å². The van der Waals surface area contributed by atoms with E-state index in [4.69, 9.17) is 10.5 Å². The van der Waals surface area contributed by atoms with Gasteiger partial charge < -0.3 is 10.5 Å². The number of anilines is 1. The van der Waals surface area contributed by atoms with Crippen LogP contribution in [-0.2, 0) is 0 Å². The minimum Gasteiger partial charge on any atom is -0.496 e. The average Bonchev–Trinajstić information content (AvgIpc) is 2.90. The summed E-state index contributed by atoms with van der Waals surface area (Å²) in [6.45, 7) is 2.04. The fraction of sp³-hybridized carbons (Fsp3) is 0.118. The fourth-order valence-electron chi connectivity index (χ4n) is 2.32. The van der Waals surface area contributed by atoms with Crippen molar-refractivity contribution in [2.24, 2.45) is 0 Å². The summed E-state index contributed by atoms with van der Waals surface area (Å²) in [5, 5.41) is 4.61. The molecule has 0 bridgehead atoms. The number of hydrogen-bond acceptors (Lipinski definition) is 3. The number of nitrogens with two attached hydrogens (primary N) is 1. The zero-order valence-electron chi connectivity index (χ0n) is 12.1. The first-order valence-corrected chi connectivity index (χ1v) is 6.74. The Morgan fingerprint density at radius 1 is 1.10 bits per heavy atom. The Labute approximate surface area is 123 Å². The summed E-state index contributed by atoms with van der Waals surface area (Å²) < 4.78 is 7.20. The van der Waals surface area contributed by atoms with Gasteiger partial charge in [-0.15, -0.1) is 0 Å². The highest BCUT2D eigenvalue weighted by atomic mass is 16.5. The van der Waals surface area contributed by atoms with Crippen molar-refractivity contribution in [2.75, 3.05) is 12.8 Å². The zero-order valence-corrected chi connectivity index (χ0v) is 12.1. The first-order chi connectivity index (χ1) is 10.2. The molecule has 0 aliphatic rings. The molecule has 1 aromatic heterocycles. The first kappa shape index (κ1) is 13.2. The summed E-state index contributed by atoms with van der Waals surface area (Å²) in [6, 6.07) is 15.9. The summed E-state index contributed by atoms with van der Waals surface area (Å²) in [7, 11) is 1.65. The van der Waals surface area contributed by atoms with Crippen molar-refractivity contribution in [1.29, 1.82) is 0 Å². The van der Waals surface area contributed by atoms with E-state index in [9.17, 15) is 0 Å². The minimum atomic E-state index is 0.628. The Kier molecular flexibility index (Phi) is 3.36. The van der Waals surface area contributed by atoms with Gasteiger partial charge in [-0.2, -0.15) is 5.10 Å². The van der Waals surface area contributed by atoms with Crippen molar-refractivity contribution in [1.82, 2.24) is 9.78 Å². The second-order valence-electron chi connectivity index (χ2n) is 4.92. The van der Waals surface area contributed by atoms with Crippen LogP contribution in [0.15, 0.2) is 54.7 Å². The monoisotopic (exact) mass is 279 g/mol. The van der Waals surface area contributed by atoms with E-state index in [-0.39, 0.29) is 0 Å². The number of methoxy groups -OCH3 is 1. The van der Waals surface area contributed by atoms with E-state index in [0.717, 1.165) is 28.3 Å². The quantitative estimate of drug-likeness (QED) is 0.799. The lowest BCUT2D eigenvalue weighted by molar-refractivity contribution is 0.416. The standard InChI is InChI=1S/C17H17N3O/c1-12-8-9-16(21-2)14(10-12)17-15(18)11-20(19-17)13-6-4-3-5-7-13/h3-11H,18H2,1-2H3. The van der Waals surface area contributed by atoms with Crippen molar-refractivity contribution in [2.45, 2.75) is 6.92 Å². The van der Waals surface area contributed by atoms with Crippen LogP contribution in [0, 0.1) is 6.92 Å². The lowest BCUT2D eigenvalue weighted by atomic mass is 10.1. The smallest absolute Gasteiger partial charge is 0.128 e. The van der Waals surface area contributed by atoms with Crippen LogP contribution >= 0.6 is 0 Å². The van der Waals surface area contributed by atoms with Crippen LogP contribution in [0.25, 0.3) is 16.9 Å². The van der Waals surface area contributed by atoms with Gasteiger partial charge in [0.2, 0.25) is 0 Å². The molecule has 2 aromatic carbocycles. The first-order valence-electron chi connectivity index (χ1n) is 6.74. The van der Waals surface area contributed by atoms with E-state index in [1.807, 2.05) is 61.7 Å². The second-order valence-corrected chi connectivity index (χ2v) is 4.92. The van der Waals surface area contributed by atoms with Gasteiger partial charge in [-0.05, 0) is 31.2 Å². The molecule has 0 atom stereocenters. The van der Waals surface area contributed by atoms with Crippen LogP contribution in [0.2, 0.25) is 0 Å². The molecule has 4 heteroatoms. The van der Waals surface area contributed by atoms with Crippen LogP contribution in [0.4, 0.5) is 5.69 Å². The van der Waals surface area contributed by atoms with Gasteiger partial charge >= 0.3 is 0 Å². The SMILES string of the molecule is COc1ccc(C)cc1-c1nn(-c2ccccc2)cc1N. The van der Waals surface area contributed by atoms with Gasteiger partial charge in [-0.1, -0.05) is 29.8 Å². The molecule has 0 unspecified atom stereocenters. The molecular formula is C17H17N3O. The number of nitrogen functional groups attached to an aromatic ring is 1. The molecular weight excluding hydrogens is 262 g/mol. The van der Waals surface area contributed by atoms with Gasteiger partial charge in [0.15, 0.2) is 0 Å². The molecule has 0 aliphatic carbocycles. The van der Waals surface area contributed by atoms with Gasteiger partial charge in [0.1, 0.15) is 11.4 Å². The van der Waals surface area contributed by atoms with Gasteiger partial charge in [0, 0.05) is 5.56 Å². The molecule has 0 saturated heterocycles. The third-order valence-electron chi connectivity index (χ3n) is 3.37. The molecule has 0 aliphatic heterocycles. The number of aryl methyl sites for hydroxylation is 1. The molecule has 21 heavy (non-hydrogen) atoms. The highest BCUT2D eigenvalue weighted by Crippen LogP contribution is 2.33. The zero-order chi connectivity index (χ0) is 14.8. The number of benzene rings is 2. The third kappa shape index (κ3) is 2.48. The maximum atomic E-state index is 6.15. The van der Waals surface area contributed by atoms with Crippen molar-refractivity contribution in [3.05, 3.63) is 60.3 Å². The number of ether oxygens (including phenoxy) is 1. The van der Waals surface area contributed by atoms with E-state index in [2.05, 4.69) is 5.10 Å². The van der Waals surface area contributed by atoms with E-state index < -0.39 is 0 Å². The fourth-order valence-corrected chi connectivity index (χ4v) is 2.32. The molecule has 0 amide bonds. The Morgan fingerprint density at radius 2 is 1.86 bits per heavy atom. The van der Waals surface area contributed by atoms with Crippen molar-refractivity contribution < 1.29 is 4.74 Å². The summed E-state index contributed by atoms with van der Waals surface area (Å²) >= 11 is 0. The minimum absolute atomic E-state index is 0.628. The molecule has 0 spiro atoms. The molecule has 1 heterocycles. The molecule has 0 radical (unpaired) electrons. The number of aromatic nitrogens is 2. The van der Waals surface area contributed by atoms with Crippen LogP contribution in [-0.4, -0.2) is 16.9 Å². The van der Waals surface area contributed by atoms with Crippen LogP contribution in [0.3, 0.4) is 0 Å². The van der Waals surface area contributed by atoms with Crippen LogP contribution < -0.4 is 10.5 Å². The lowest BCUT2D eigenvalue weighted by Crippen LogP contribution is -1.95. The number of nitrogens with zero attached hydrogens (tertiary/aromatic N) is 2. The Hall–Kier alpha value is -2.75. The summed E-state index contributed by atoms with van der Waals surface area (Å²) in [5.41, 5.74) is 10.5. The Bertz CT molecular complexity index is 763. The molecule has 4 nitrogen and oxygen atoms in total. The van der Waals surface area contributed by atoms with E-state index >= 15 is 0 Å². The van der Waals surface area contributed by atoms with Gasteiger partial charge in [0.25, 0.3) is 0 Å². The second kappa shape index (κ2) is 5.32. The summed E-state index contributed by atoms with van der Waals surface area (Å²) in [4.78, 5) is 0. The normalized spacial score (nSPS) is 10.6. The predicted molar refractivity (Wildman–Crippen MR) is 84.7 cm³/mol. The van der Waals surface area contributed by atoms with Crippen LogP contribution in [0.5, 0.6) is 5.75 Å². The predicted octanol–water partition coefficient (Wildman–Crippen LogP) is 3.44. The van der Waals surface area contributed by atoms with E-state index in [0.29, 0.717) is 5.69 Å². The number of para-hydroxylation sites is 1. The molecule has 0 saturated carbocycles. The number of rotatable bonds is 3. The van der Waals surface area contributed by atoms with Crippen molar-refractivity contribution in [3.8, 4) is 22.7 Å². The Balaban J connectivity index is 2.12. The third-order valence-corrected chi connectivity index (χ3v) is 3.37. The maximum absolute atomic E-state index is 6.15. The molecule has 0 fully saturated rings. The topological polar surface area (TPSA) is 53.1 Å². The van der Waals surface area contributed by atoms with Crippen molar-refractivity contribution in [3.63, 3.8) is 0 Å². The lowest BCUT2D eigenvalue weighted by Gasteiger charge is -2.08. The number of hydrogen-bond donors (Lipinski definition) is 1. The van der Waals surface area contributed by atoms with Crippen LogP contribution in [0.1, 0.15) is 5.56 Å². The van der Waals surface area contributed by atoms with Gasteiger partial charge in [-0.25, -0.2) is 4.68 Å². The maximum Gasteiger partial charge on any atom is 0.128 e. The summed E-state index contributed by atoms with van der Waals surface area (Å²) in [6.07, 6.45) is 1.83. The molecule has 3 rings (SSSR count). The largest absolute Gasteiger partial charge is 0.496 e. The molecule has 3 aromatic rings. The van der Waals surface area contributed by atoms with Gasteiger partial charge in [-0.3, -0.25) is 0 Å². The highest BCUT2D eigenvalue weighted by Gasteiger charge is 2.14. The van der Waals surface area contributed by atoms with Crippen molar-refractivity contribution >= 4 is 5.69 Å². The molecule has 106 valence electrons. The Morgan fingerprint density at radius 3 is 2.57 bits per heavy atom. The molecule has 2 N–H and O–H groups in total. The van der Waals surface area contributed by atoms with Gasteiger partial charge in [0.05, 0.1) is 24.7 Å².